The maximum Gasteiger partial charge on any atom is 0.161 e. The molecular weight excluding hydrogens is 262 g/mol. The Balaban J connectivity index is 1.88. The molecule has 3 nitrogen and oxygen atoms in total. The maximum absolute atomic E-state index is 6.52. The highest BCUT2D eigenvalue weighted by Crippen LogP contribution is 2.37. The molecule has 1 aliphatic rings. The van der Waals surface area contributed by atoms with Crippen LogP contribution in [0.4, 0.5) is 0 Å². The lowest BCUT2D eigenvalue weighted by Crippen LogP contribution is -2.20. The molecule has 3 heteroatoms. The lowest BCUT2D eigenvalue weighted by molar-refractivity contribution is 0.171. The van der Waals surface area contributed by atoms with E-state index >= 15 is 0 Å². The fourth-order valence-electron chi connectivity index (χ4n) is 2.90. The molecule has 2 unspecified atom stereocenters. The van der Waals surface area contributed by atoms with E-state index in [4.69, 9.17) is 15.2 Å². The van der Waals surface area contributed by atoms with Crippen molar-refractivity contribution in [1.29, 1.82) is 0 Å². The van der Waals surface area contributed by atoms with Gasteiger partial charge in [-0.15, -0.1) is 0 Å². The van der Waals surface area contributed by atoms with Crippen LogP contribution >= 0.6 is 0 Å². The van der Waals surface area contributed by atoms with E-state index in [2.05, 4.69) is 31.2 Å². The van der Waals surface area contributed by atoms with Crippen molar-refractivity contribution in [3.63, 3.8) is 0 Å². The highest BCUT2D eigenvalue weighted by atomic mass is 16.6. The van der Waals surface area contributed by atoms with Crippen LogP contribution in [-0.2, 0) is 0 Å². The van der Waals surface area contributed by atoms with Crippen LogP contribution < -0.4 is 15.2 Å². The zero-order chi connectivity index (χ0) is 14.7. The van der Waals surface area contributed by atoms with Gasteiger partial charge in [0.05, 0.1) is 0 Å². The van der Waals surface area contributed by atoms with E-state index in [1.54, 1.807) is 0 Å². The van der Waals surface area contributed by atoms with Crippen molar-refractivity contribution in [2.75, 3.05) is 13.2 Å². The summed E-state index contributed by atoms with van der Waals surface area (Å²) in [6.07, 6.45) is 1.000. The van der Waals surface area contributed by atoms with Crippen LogP contribution in [0, 0.1) is 0 Å². The van der Waals surface area contributed by atoms with Crippen molar-refractivity contribution < 1.29 is 9.47 Å². The molecule has 0 saturated carbocycles. The third-order valence-corrected chi connectivity index (χ3v) is 4.05. The van der Waals surface area contributed by atoms with Crippen LogP contribution in [0.5, 0.6) is 11.5 Å². The molecule has 2 N–H and O–H groups in total. The Bertz CT molecular complexity index is 597. The largest absolute Gasteiger partial charge is 0.486 e. The molecule has 0 radical (unpaired) electrons. The van der Waals surface area contributed by atoms with Crippen molar-refractivity contribution in [2.24, 2.45) is 5.73 Å². The van der Waals surface area contributed by atoms with Gasteiger partial charge in [-0.2, -0.15) is 0 Å². The molecule has 3 rings (SSSR count). The first kappa shape index (κ1) is 14.0. The molecule has 0 aliphatic carbocycles. The van der Waals surface area contributed by atoms with E-state index in [9.17, 15) is 0 Å². The molecule has 2 atom stereocenters. The summed E-state index contributed by atoms with van der Waals surface area (Å²) in [6, 6.07) is 16.4. The van der Waals surface area contributed by atoms with Gasteiger partial charge < -0.3 is 15.2 Å². The van der Waals surface area contributed by atoms with Gasteiger partial charge in [-0.25, -0.2) is 0 Å². The highest BCUT2D eigenvalue weighted by Gasteiger charge is 2.21. The minimum absolute atomic E-state index is 0.0479. The van der Waals surface area contributed by atoms with E-state index in [1.807, 2.05) is 24.3 Å². The van der Waals surface area contributed by atoms with E-state index < -0.39 is 0 Å². The minimum Gasteiger partial charge on any atom is -0.486 e. The third-order valence-electron chi connectivity index (χ3n) is 4.05. The second-order valence-corrected chi connectivity index (χ2v) is 5.35. The molecule has 0 amide bonds. The monoisotopic (exact) mass is 283 g/mol. The SMILES string of the molecule is CCC(c1ccccc1)C(N)c1ccc2c(c1)OCCO2. The third kappa shape index (κ3) is 2.88. The van der Waals surface area contributed by atoms with Gasteiger partial charge in [0.15, 0.2) is 11.5 Å². The van der Waals surface area contributed by atoms with Crippen LogP contribution in [0.2, 0.25) is 0 Å². The van der Waals surface area contributed by atoms with E-state index in [-0.39, 0.29) is 6.04 Å². The average molecular weight is 283 g/mol. The normalized spacial score (nSPS) is 16.3. The van der Waals surface area contributed by atoms with Crippen molar-refractivity contribution >= 4 is 0 Å². The Morgan fingerprint density at radius 1 is 0.952 bits per heavy atom. The van der Waals surface area contributed by atoms with Gasteiger partial charge in [0.2, 0.25) is 0 Å². The van der Waals surface area contributed by atoms with E-state index in [0.29, 0.717) is 19.1 Å². The molecular formula is C18H21NO2. The molecule has 0 bridgehead atoms. The van der Waals surface area contributed by atoms with Gasteiger partial charge in [-0.3, -0.25) is 0 Å². The Hall–Kier alpha value is -2.00. The number of rotatable bonds is 4. The van der Waals surface area contributed by atoms with Gasteiger partial charge >= 0.3 is 0 Å². The number of fused-ring (bicyclic) bond motifs is 1. The molecule has 0 saturated heterocycles. The van der Waals surface area contributed by atoms with Crippen LogP contribution in [0.15, 0.2) is 48.5 Å². The number of benzene rings is 2. The minimum atomic E-state index is -0.0479. The first-order valence-electron chi connectivity index (χ1n) is 7.49. The van der Waals surface area contributed by atoms with Gasteiger partial charge in [-0.05, 0) is 29.7 Å². The quantitative estimate of drug-likeness (QED) is 0.931. The smallest absolute Gasteiger partial charge is 0.161 e. The zero-order valence-corrected chi connectivity index (χ0v) is 12.3. The van der Waals surface area contributed by atoms with Crippen LogP contribution in [0.25, 0.3) is 0 Å². The molecule has 1 aliphatic heterocycles. The summed E-state index contributed by atoms with van der Waals surface area (Å²) in [5.41, 5.74) is 8.89. The predicted octanol–water partition coefficient (Wildman–Crippen LogP) is 3.65. The van der Waals surface area contributed by atoms with Crippen LogP contribution in [0.1, 0.15) is 36.4 Å². The summed E-state index contributed by atoms with van der Waals surface area (Å²) >= 11 is 0. The summed E-state index contributed by atoms with van der Waals surface area (Å²) in [4.78, 5) is 0. The number of hydrogen-bond donors (Lipinski definition) is 1. The molecule has 0 aromatic heterocycles. The number of nitrogens with two attached hydrogens (primary N) is 1. The van der Waals surface area contributed by atoms with Crippen LogP contribution in [-0.4, -0.2) is 13.2 Å². The molecule has 110 valence electrons. The second kappa shape index (κ2) is 6.19. The topological polar surface area (TPSA) is 44.5 Å². The van der Waals surface area contributed by atoms with Crippen molar-refractivity contribution in [2.45, 2.75) is 25.3 Å². The van der Waals surface area contributed by atoms with Crippen molar-refractivity contribution in [3.05, 3.63) is 59.7 Å². The molecule has 21 heavy (non-hydrogen) atoms. The van der Waals surface area contributed by atoms with Gasteiger partial charge in [0.1, 0.15) is 13.2 Å². The van der Waals surface area contributed by atoms with E-state index in [1.165, 1.54) is 5.56 Å². The number of hydrogen-bond acceptors (Lipinski definition) is 3. The average Bonchev–Trinajstić information content (AvgIpc) is 2.56. The fourth-order valence-corrected chi connectivity index (χ4v) is 2.90. The summed E-state index contributed by atoms with van der Waals surface area (Å²) in [5, 5.41) is 0. The lowest BCUT2D eigenvalue weighted by atomic mass is 9.85. The zero-order valence-electron chi connectivity index (χ0n) is 12.3. The predicted molar refractivity (Wildman–Crippen MR) is 83.8 cm³/mol. The Labute approximate surface area is 125 Å². The van der Waals surface area contributed by atoms with Crippen LogP contribution in [0.3, 0.4) is 0 Å². The van der Waals surface area contributed by atoms with Crippen molar-refractivity contribution in [3.8, 4) is 11.5 Å². The molecule has 2 aromatic carbocycles. The first-order valence-corrected chi connectivity index (χ1v) is 7.49. The van der Waals surface area contributed by atoms with E-state index in [0.717, 1.165) is 23.5 Å². The summed E-state index contributed by atoms with van der Waals surface area (Å²) in [5.74, 6) is 1.91. The Morgan fingerprint density at radius 3 is 2.38 bits per heavy atom. The second-order valence-electron chi connectivity index (χ2n) is 5.35. The maximum atomic E-state index is 6.52. The van der Waals surface area contributed by atoms with Gasteiger partial charge in [0.25, 0.3) is 0 Å². The fraction of sp³-hybridized carbons (Fsp3) is 0.333. The molecule has 0 fully saturated rings. The molecule has 0 spiro atoms. The van der Waals surface area contributed by atoms with Gasteiger partial charge in [-0.1, -0.05) is 43.3 Å². The standard InChI is InChI=1S/C18H21NO2/c1-2-15(13-6-4-3-5-7-13)18(19)14-8-9-16-17(12-14)21-11-10-20-16/h3-9,12,15,18H,2,10-11,19H2,1H3. The highest BCUT2D eigenvalue weighted by molar-refractivity contribution is 5.45. The number of ether oxygens (including phenoxy) is 2. The molecule has 1 heterocycles. The Morgan fingerprint density at radius 2 is 1.67 bits per heavy atom. The summed E-state index contributed by atoms with van der Waals surface area (Å²) in [6.45, 7) is 3.39. The van der Waals surface area contributed by atoms with Gasteiger partial charge in [0, 0.05) is 12.0 Å². The Kier molecular flexibility index (Phi) is 4.11. The summed E-state index contributed by atoms with van der Waals surface area (Å²) < 4.78 is 11.2. The lowest BCUT2D eigenvalue weighted by Gasteiger charge is -2.25. The molecule has 2 aromatic rings. The van der Waals surface area contributed by atoms with Crippen molar-refractivity contribution in [1.82, 2.24) is 0 Å². The first-order chi connectivity index (χ1) is 10.3. The summed E-state index contributed by atoms with van der Waals surface area (Å²) in [7, 11) is 0.